The van der Waals surface area contributed by atoms with Gasteiger partial charge >= 0.3 is 0 Å². The highest BCUT2D eigenvalue weighted by molar-refractivity contribution is 5.42. The van der Waals surface area contributed by atoms with E-state index in [4.69, 9.17) is 0 Å². The summed E-state index contributed by atoms with van der Waals surface area (Å²) in [4.78, 5) is 0. The first-order valence-corrected chi connectivity index (χ1v) is 3.79. The quantitative estimate of drug-likeness (QED) is 0.458. The molecule has 0 amide bonds. The van der Waals surface area contributed by atoms with E-state index in [1.165, 1.54) is 5.57 Å². The average molecular weight is 144 g/mol. The molecule has 0 bridgehead atoms. The highest BCUT2D eigenvalue weighted by Gasteiger charge is 1.90. The molecule has 0 radical (unpaired) electrons. The Morgan fingerprint density at radius 2 is 2.18 bits per heavy atom. The lowest BCUT2D eigenvalue weighted by Crippen LogP contribution is -1.67. The van der Waals surface area contributed by atoms with E-state index >= 15 is 0 Å². The Balaban J connectivity index is 2.86. The van der Waals surface area contributed by atoms with Crippen molar-refractivity contribution in [2.75, 3.05) is 0 Å². The summed E-state index contributed by atoms with van der Waals surface area (Å²) >= 11 is 0. The molecule has 0 aromatic heterocycles. The summed E-state index contributed by atoms with van der Waals surface area (Å²) in [5, 5.41) is 0. The molecule has 11 heavy (non-hydrogen) atoms. The van der Waals surface area contributed by atoms with Crippen molar-refractivity contribution in [2.45, 2.75) is 20.3 Å². The SMILES string of the molecule is CC#CC1=CC=C(C)CC=C1. The molecule has 1 aliphatic carbocycles. The van der Waals surface area contributed by atoms with E-state index in [0.29, 0.717) is 0 Å². The van der Waals surface area contributed by atoms with E-state index < -0.39 is 0 Å². The van der Waals surface area contributed by atoms with Crippen molar-refractivity contribution in [1.29, 1.82) is 0 Å². The molecule has 0 unspecified atom stereocenters. The number of hydrogen-bond donors (Lipinski definition) is 0. The fourth-order valence-corrected chi connectivity index (χ4v) is 0.955. The minimum absolute atomic E-state index is 1.05. The van der Waals surface area contributed by atoms with Crippen molar-refractivity contribution in [1.82, 2.24) is 0 Å². The van der Waals surface area contributed by atoms with E-state index in [9.17, 15) is 0 Å². The van der Waals surface area contributed by atoms with Gasteiger partial charge in [0, 0.05) is 5.57 Å². The minimum Gasteiger partial charge on any atom is -0.101 e. The molecule has 1 aliphatic rings. The third-order valence-corrected chi connectivity index (χ3v) is 1.55. The average Bonchev–Trinajstić information content (AvgIpc) is 2.17. The number of hydrogen-bond acceptors (Lipinski definition) is 0. The molecule has 0 aromatic rings. The van der Waals surface area contributed by atoms with Crippen molar-refractivity contribution >= 4 is 0 Å². The van der Waals surface area contributed by atoms with Gasteiger partial charge in [-0.15, -0.1) is 5.92 Å². The van der Waals surface area contributed by atoms with Gasteiger partial charge in [0.25, 0.3) is 0 Å². The van der Waals surface area contributed by atoms with E-state index in [2.05, 4.69) is 43.1 Å². The highest BCUT2D eigenvalue weighted by Crippen LogP contribution is 2.09. The van der Waals surface area contributed by atoms with Gasteiger partial charge in [0.05, 0.1) is 0 Å². The second-order valence-electron chi connectivity index (χ2n) is 2.62. The van der Waals surface area contributed by atoms with Crippen LogP contribution in [0.4, 0.5) is 0 Å². The first-order valence-electron chi connectivity index (χ1n) is 3.79. The maximum Gasteiger partial charge on any atom is 0.0242 e. The Morgan fingerprint density at radius 1 is 1.36 bits per heavy atom. The van der Waals surface area contributed by atoms with Crippen LogP contribution < -0.4 is 0 Å². The summed E-state index contributed by atoms with van der Waals surface area (Å²) in [6.07, 6.45) is 9.46. The summed E-state index contributed by atoms with van der Waals surface area (Å²) in [7, 11) is 0. The van der Waals surface area contributed by atoms with E-state index in [1.807, 2.05) is 6.92 Å². The fraction of sp³-hybridized carbons (Fsp3) is 0.273. The molecule has 0 saturated carbocycles. The van der Waals surface area contributed by atoms with Crippen molar-refractivity contribution in [2.24, 2.45) is 0 Å². The summed E-state index contributed by atoms with van der Waals surface area (Å²) in [6.45, 7) is 3.99. The van der Waals surface area contributed by atoms with Crippen LogP contribution in [0.3, 0.4) is 0 Å². The topological polar surface area (TPSA) is 0 Å². The summed E-state index contributed by atoms with van der Waals surface area (Å²) in [5.74, 6) is 5.91. The zero-order valence-corrected chi connectivity index (χ0v) is 7.02. The molecule has 0 atom stereocenters. The van der Waals surface area contributed by atoms with Gasteiger partial charge in [-0.2, -0.15) is 0 Å². The lowest BCUT2D eigenvalue weighted by Gasteiger charge is -1.86. The summed E-state index contributed by atoms with van der Waals surface area (Å²) < 4.78 is 0. The molecular formula is C11H12. The van der Waals surface area contributed by atoms with Crippen LogP contribution in [-0.4, -0.2) is 0 Å². The molecule has 0 aliphatic heterocycles. The lowest BCUT2D eigenvalue weighted by atomic mass is 10.2. The molecule has 0 spiro atoms. The molecule has 56 valence electrons. The van der Waals surface area contributed by atoms with Gasteiger partial charge in [0.1, 0.15) is 0 Å². The van der Waals surface area contributed by atoms with Gasteiger partial charge < -0.3 is 0 Å². The Morgan fingerprint density at radius 3 is 2.91 bits per heavy atom. The first-order chi connectivity index (χ1) is 5.33. The molecule has 0 heteroatoms. The largest absolute Gasteiger partial charge is 0.101 e. The van der Waals surface area contributed by atoms with E-state index in [-0.39, 0.29) is 0 Å². The maximum atomic E-state index is 3.02. The van der Waals surface area contributed by atoms with Gasteiger partial charge in [-0.1, -0.05) is 29.7 Å². The van der Waals surface area contributed by atoms with Crippen LogP contribution in [0.15, 0.2) is 35.5 Å². The number of rotatable bonds is 0. The van der Waals surface area contributed by atoms with Crippen molar-refractivity contribution in [3.05, 3.63) is 35.5 Å². The standard InChI is InChI=1S/C11H12/c1-3-5-11-7-4-6-10(2)8-9-11/h4,7-9H,6H2,1-2H3. The third kappa shape index (κ3) is 2.47. The second-order valence-corrected chi connectivity index (χ2v) is 2.62. The third-order valence-electron chi connectivity index (χ3n) is 1.55. The zero-order chi connectivity index (χ0) is 8.10. The molecule has 0 fully saturated rings. The van der Waals surface area contributed by atoms with Gasteiger partial charge in [-0.05, 0) is 26.3 Å². The molecule has 0 N–H and O–H groups in total. The predicted octanol–water partition coefficient (Wildman–Crippen LogP) is 2.84. The zero-order valence-electron chi connectivity index (χ0n) is 7.02. The molecule has 0 nitrogen and oxygen atoms in total. The summed E-state index contributed by atoms with van der Waals surface area (Å²) in [5.41, 5.74) is 2.48. The molecule has 0 heterocycles. The normalized spacial score (nSPS) is 15.8. The number of allylic oxidation sites excluding steroid dienone is 6. The minimum atomic E-state index is 1.05. The van der Waals surface area contributed by atoms with E-state index in [1.54, 1.807) is 0 Å². The van der Waals surface area contributed by atoms with Crippen LogP contribution in [0.1, 0.15) is 20.3 Å². The van der Waals surface area contributed by atoms with E-state index in [0.717, 1.165) is 12.0 Å². The van der Waals surface area contributed by atoms with Gasteiger partial charge in [-0.25, -0.2) is 0 Å². The Labute approximate surface area is 68.3 Å². The second kappa shape index (κ2) is 3.83. The van der Waals surface area contributed by atoms with Gasteiger partial charge in [-0.3, -0.25) is 0 Å². The lowest BCUT2D eigenvalue weighted by molar-refractivity contribution is 1.22. The predicted molar refractivity (Wildman–Crippen MR) is 49.0 cm³/mol. The van der Waals surface area contributed by atoms with Gasteiger partial charge in [0.15, 0.2) is 0 Å². The molecule has 0 aromatic carbocycles. The smallest absolute Gasteiger partial charge is 0.0242 e. The van der Waals surface area contributed by atoms with Crippen molar-refractivity contribution in [3.8, 4) is 11.8 Å². The van der Waals surface area contributed by atoms with Gasteiger partial charge in [0.2, 0.25) is 0 Å². The first kappa shape index (κ1) is 7.88. The van der Waals surface area contributed by atoms with Crippen LogP contribution in [0.2, 0.25) is 0 Å². The Hall–Kier alpha value is -1.22. The fourth-order valence-electron chi connectivity index (χ4n) is 0.955. The van der Waals surface area contributed by atoms with Crippen LogP contribution in [0.5, 0.6) is 0 Å². The summed E-state index contributed by atoms with van der Waals surface area (Å²) in [6, 6.07) is 0. The maximum absolute atomic E-state index is 3.02. The van der Waals surface area contributed by atoms with Crippen LogP contribution >= 0.6 is 0 Å². The van der Waals surface area contributed by atoms with Crippen molar-refractivity contribution in [3.63, 3.8) is 0 Å². The Kier molecular flexibility index (Phi) is 2.74. The van der Waals surface area contributed by atoms with Crippen LogP contribution in [0, 0.1) is 11.8 Å². The Bertz CT molecular complexity index is 277. The molecule has 1 rings (SSSR count). The monoisotopic (exact) mass is 144 g/mol. The molecular weight excluding hydrogens is 132 g/mol. The van der Waals surface area contributed by atoms with Crippen LogP contribution in [-0.2, 0) is 0 Å². The van der Waals surface area contributed by atoms with Crippen molar-refractivity contribution < 1.29 is 0 Å². The molecule has 0 saturated heterocycles. The van der Waals surface area contributed by atoms with Crippen LogP contribution in [0.25, 0.3) is 0 Å². The highest BCUT2D eigenvalue weighted by atomic mass is 14.0.